The molecule has 0 aliphatic heterocycles. The van der Waals surface area contributed by atoms with Crippen molar-refractivity contribution < 1.29 is 18.9 Å². The summed E-state index contributed by atoms with van der Waals surface area (Å²) in [6.45, 7) is 16.3. The first-order chi connectivity index (χ1) is 19.7. The van der Waals surface area contributed by atoms with E-state index in [0.29, 0.717) is 12.1 Å². The van der Waals surface area contributed by atoms with Gasteiger partial charge in [-0.3, -0.25) is 0 Å². The van der Waals surface area contributed by atoms with Crippen LogP contribution in [0.2, 0.25) is 0 Å². The minimum Gasteiger partial charge on any atom is -0.350 e. The second kappa shape index (κ2) is 24.9. The fourth-order valence-electron chi connectivity index (χ4n) is 3.17. The number of hydrogen-bond acceptors (Lipinski definition) is 4. The molecule has 0 aliphatic rings. The van der Waals surface area contributed by atoms with Crippen LogP contribution in [0.3, 0.4) is 0 Å². The maximum atomic E-state index is 4.53. The van der Waals surface area contributed by atoms with Crippen molar-refractivity contribution >= 4 is 53.6 Å². The van der Waals surface area contributed by atoms with Crippen molar-refractivity contribution in [2.24, 2.45) is 0 Å². The first-order valence-corrected chi connectivity index (χ1v) is 16.3. The molecular formula is C34H44Br3LiN4. The van der Waals surface area contributed by atoms with Crippen molar-refractivity contribution in [3.63, 3.8) is 0 Å². The Kier molecular flexibility index (Phi) is 24.1. The molecule has 222 valence electrons. The van der Waals surface area contributed by atoms with Gasteiger partial charge in [0.2, 0.25) is 0 Å². The van der Waals surface area contributed by atoms with E-state index < -0.39 is 0 Å². The zero-order valence-corrected chi connectivity index (χ0v) is 30.7. The van der Waals surface area contributed by atoms with Gasteiger partial charge in [0.15, 0.2) is 0 Å². The zero-order chi connectivity index (χ0) is 30.5. The van der Waals surface area contributed by atoms with Crippen LogP contribution in [0.25, 0.3) is 0 Å². The van der Waals surface area contributed by atoms with Crippen molar-refractivity contribution in [3.05, 3.63) is 129 Å². The van der Waals surface area contributed by atoms with Gasteiger partial charge >= 0.3 is 18.9 Å². The molecule has 4 nitrogen and oxygen atoms in total. The average molecular weight is 755 g/mol. The number of anilines is 1. The monoisotopic (exact) mass is 752 g/mol. The van der Waals surface area contributed by atoms with Gasteiger partial charge in [0.05, 0.1) is 0 Å². The average Bonchev–Trinajstić information content (AvgIpc) is 2.96. The number of hydrogen-bond donors (Lipinski definition) is 1. The van der Waals surface area contributed by atoms with Gasteiger partial charge in [-0.2, -0.15) is 6.42 Å². The number of halogens is 3. The van der Waals surface area contributed by atoms with Crippen LogP contribution in [0.15, 0.2) is 111 Å². The van der Waals surface area contributed by atoms with Crippen LogP contribution in [-0.4, -0.2) is 22.1 Å². The predicted molar refractivity (Wildman–Crippen MR) is 188 cm³/mol. The molecule has 0 fully saturated rings. The van der Waals surface area contributed by atoms with Crippen molar-refractivity contribution in [1.29, 1.82) is 0 Å². The van der Waals surface area contributed by atoms with Gasteiger partial charge < -0.3 is 17.1 Å². The van der Waals surface area contributed by atoms with Crippen LogP contribution < -0.4 is 29.1 Å². The van der Waals surface area contributed by atoms with Crippen LogP contribution in [0, 0.1) is 6.92 Å². The molecule has 0 saturated carbocycles. The molecular weight excluding hydrogens is 711 g/mol. The molecule has 4 rings (SSSR count). The maximum absolute atomic E-state index is 4.53. The molecule has 2 heterocycles. The molecule has 0 aliphatic carbocycles. The van der Waals surface area contributed by atoms with Crippen molar-refractivity contribution in [2.75, 3.05) is 4.90 Å². The smallest absolute Gasteiger partial charge is 0.350 e. The van der Waals surface area contributed by atoms with Gasteiger partial charge in [0, 0.05) is 25.2 Å². The summed E-state index contributed by atoms with van der Waals surface area (Å²) in [6, 6.07) is 33.6. The summed E-state index contributed by atoms with van der Waals surface area (Å²) >= 11 is 9.87. The van der Waals surface area contributed by atoms with E-state index in [4.69, 9.17) is 0 Å². The summed E-state index contributed by atoms with van der Waals surface area (Å²) in [5.74, 6) is 1.00. The van der Waals surface area contributed by atoms with Crippen LogP contribution in [0.5, 0.6) is 0 Å². The maximum Gasteiger partial charge on any atom is 1.00 e. The SMILES string of the molecule is Brc1cccc(Br)n1.CC(C)N(Cc1ccccc1)c1cccc(Br)n1.CC(C)NCc1ccccc1.[CH2-]CCC.[Li+]. The largest absolute Gasteiger partial charge is 1.00 e. The molecule has 0 saturated heterocycles. The van der Waals surface area contributed by atoms with Crippen LogP contribution in [0.1, 0.15) is 58.6 Å². The van der Waals surface area contributed by atoms with E-state index in [-0.39, 0.29) is 18.9 Å². The van der Waals surface area contributed by atoms with Crippen LogP contribution in [-0.2, 0) is 13.1 Å². The Morgan fingerprint density at radius 2 is 1.14 bits per heavy atom. The number of pyridine rings is 2. The normalized spacial score (nSPS) is 9.79. The first-order valence-electron chi connectivity index (χ1n) is 13.9. The first kappa shape index (κ1) is 40.5. The summed E-state index contributed by atoms with van der Waals surface area (Å²) in [5, 5.41) is 3.36. The molecule has 0 unspecified atom stereocenters. The molecule has 0 spiro atoms. The summed E-state index contributed by atoms with van der Waals surface area (Å²) in [7, 11) is 0. The fourth-order valence-corrected chi connectivity index (χ4v) is 4.43. The molecule has 2 aromatic heterocycles. The third kappa shape index (κ3) is 19.7. The third-order valence-electron chi connectivity index (χ3n) is 5.41. The van der Waals surface area contributed by atoms with E-state index in [1.54, 1.807) is 0 Å². The molecule has 4 aromatic rings. The topological polar surface area (TPSA) is 41.1 Å². The number of rotatable bonds is 8. The Bertz CT molecular complexity index is 1180. The van der Waals surface area contributed by atoms with Gasteiger partial charge in [-0.1, -0.05) is 100.0 Å². The van der Waals surface area contributed by atoms with Crippen molar-refractivity contribution in [3.8, 4) is 0 Å². The Labute approximate surface area is 292 Å². The van der Waals surface area contributed by atoms with E-state index in [2.05, 4.69) is 158 Å². The van der Waals surface area contributed by atoms with Gasteiger partial charge in [-0.15, -0.1) is 0 Å². The molecule has 2 aromatic carbocycles. The molecule has 0 atom stereocenters. The Hall–Kier alpha value is -1.46. The number of nitrogens with one attached hydrogen (secondary N) is 1. The second-order valence-electron chi connectivity index (χ2n) is 9.68. The van der Waals surface area contributed by atoms with Crippen molar-refractivity contribution in [1.82, 2.24) is 15.3 Å². The van der Waals surface area contributed by atoms with E-state index in [1.165, 1.54) is 17.5 Å². The Balaban J connectivity index is 0.000000599. The van der Waals surface area contributed by atoms with E-state index in [1.807, 2.05) is 48.5 Å². The Morgan fingerprint density at radius 1 is 0.690 bits per heavy atom. The van der Waals surface area contributed by atoms with Crippen LogP contribution >= 0.6 is 47.8 Å². The van der Waals surface area contributed by atoms with Gasteiger partial charge in [0.1, 0.15) is 19.6 Å². The number of nitrogens with zero attached hydrogens (tertiary/aromatic N) is 3. The zero-order valence-electron chi connectivity index (χ0n) is 25.9. The standard InChI is InChI=1S/C15H17BrN2.C10H15N.C5H3Br2N.C4H9.Li/c1-12(2)18(11-13-7-4-3-5-8-13)15-10-6-9-14(16)17-15;1-9(2)11-8-10-6-4-3-5-7-10;6-4-2-1-3-5(7)8-4;1-3-4-2;/h3-10,12H,11H2,1-2H3;3-7,9,11H,8H2,1-2H3;1-3H;1,3-4H2,2H3;/q;;;-1;+1. The molecule has 1 N–H and O–H groups in total. The predicted octanol–water partition coefficient (Wildman–Crippen LogP) is 7.67. The quantitative estimate of drug-likeness (QED) is 0.114. The van der Waals surface area contributed by atoms with E-state index in [9.17, 15) is 0 Å². The van der Waals surface area contributed by atoms with E-state index in [0.717, 1.165) is 39.1 Å². The minimum absolute atomic E-state index is 0. The van der Waals surface area contributed by atoms with E-state index >= 15 is 0 Å². The Morgan fingerprint density at radius 3 is 1.52 bits per heavy atom. The minimum atomic E-state index is 0. The summed E-state index contributed by atoms with van der Waals surface area (Å²) in [6.07, 6.45) is 2.28. The second-order valence-corrected chi connectivity index (χ2v) is 12.1. The van der Waals surface area contributed by atoms with Gasteiger partial charge in [-0.25, -0.2) is 9.97 Å². The molecule has 0 radical (unpaired) electrons. The van der Waals surface area contributed by atoms with Gasteiger partial charge in [0.25, 0.3) is 0 Å². The third-order valence-corrected chi connectivity index (χ3v) is 6.73. The fraction of sp³-hybridized carbons (Fsp3) is 0.324. The summed E-state index contributed by atoms with van der Waals surface area (Å²) in [4.78, 5) is 10.8. The summed E-state index contributed by atoms with van der Waals surface area (Å²) < 4.78 is 2.58. The number of unbranched alkanes of at least 4 members (excludes halogenated alkanes) is 1. The molecule has 0 bridgehead atoms. The number of aromatic nitrogens is 2. The number of benzene rings is 2. The van der Waals surface area contributed by atoms with Crippen molar-refractivity contribution in [2.45, 2.75) is 72.6 Å². The molecule has 42 heavy (non-hydrogen) atoms. The molecule has 8 heteroatoms. The molecule has 0 amide bonds. The van der Waals surface area contributed by atoms with Gasteiger partial charge in [-0.05, 0) is 97.0 Å². The van der Waals surface area contributed by atoms with Crippen LogP contribution in [0.4, 0.5) is 5.82 Å². The summed E-state index contributed by atoms with van der Waals surface area (Å²) in [5.41, 5.74) is 2.65.